The van der Waals surface area contributed by atoms with Crippen molar-refractivity contribution in [2.45, 2.75) is 61.5 Å². The van der Waals surface area contributed by atoms with Crippen molar-refractivity contribution in [3.8, 4) is 0 Å². The molecule has 0 atom stereocenters. The van der Waals surface area contributed by atoms with Gasteiger partial charge in [0.1, 0.15) is 0 Å². The summed E-state index contributed by atoms with van der Waals surface area (Å²) >= 11 is 0. The van der Waals surface area contributed by atoms with Crippen LogP contribution in [0, 0.1) is 0 Å². The molecular formula is C10H26O14P4. The third kappa shape index (κ3) is 7.04. The Morgan fingerprint density at radius 2 is 0.607 bits per heavy atom. The summed E-state index contributed by atoms with van der Waals surface area (Å²) in [5.74, 6) is 0. The minimum Gasteiger partial charge on any atom is -0.368 e. The number of unbranched alkanes of at least 4 members (excludes halogenated alkanes) is 5. The molecule has 28 heavy (non-hydrogen) atoms. The van der Waals surface area contributed by atoms with Gasteiger partial charge in [0.25, 0.3) is 10.2 Å². The van der Waals surface area contributed by atoms with Crippen molar-refractivity contribution < 1.29 is 67.6 Å². The van der Waals surface area contributed by atoms with Crippen molar-refractivity contribution >= 4 is 30.4 Å². The molecule has 0 heterocycles. The summed E-state index contributed by atoms with van der Waals surface area (Å²) in [6, 6.07) is 0. The lowest BCUT2D eigenvalue weighted by molar-refractivity contribution is 0.119. The lowest BCUT2D eigenvalue weighted by atomic mass is 10.1. The predicted octanol–water partition coefficient (Wildman–Crippen LogP) is 0.110. The molecular weight excluding hydrogens is 468 g/mol. The second-order valence-electron chi connectivity index (χ2n) is 6.35. The van der Waals surface area contributed by atoms with Crippen LogP contribution in [0.25, 0.3) is 0 Å². The molecule has 0 spiro atoms. The van der Waals surface area contributed by atoms with E-state index in [-0.39, 0.29) is 25.7 Å². The summed E-state index contributed by atoms with van der Waals surface area (Å²) in [7, 11) is -22.0. The van der Waals surface area contributed by atoms with E-state index < -0.39 is 53.4 Å². The molecule has 0 aliphatic carbocycles. The van der Waals surface area contributed by atoms with Crippen LogP contribution in [0.1, 0.15) is 51.4 Å². The smallest absolute Gasteiger partial charge is 0.368 e. The van der Waals surface area contributed by atoms with Gasteiger partial charge >= 0.3 is 30.4 Å². The van der Waals surface area contributed by atoms with Gasteiger partial charge in [0.15, 0.2) is 0 Å². The molecule has 0 aromatic carbocycles. The van der Waals surface area contributed by atoms with E-state index in [2.05, 4.69) is 0 Å². The van der Waals surface area contributed by atoms with Gasteiger partial charge in [-0.1, -0.05) is 25.7 Å². The van der Waals surface area contributed by atoms with Crippen LogP contribution in [-0.4, -0.2) is 59.5 Å². The van der Waals surface area contributed by atoms with Gasteiger partial charge in [-0.2, -0.15) is 0 Å². The Morgan fingerprint density at radius 3 is 0.786 bits per heavy atom. The molecule has 0 saturated heterocycles. The Labute approximate surface area is 160 Å². The lowest BCUT2D eigenvalue weighted by Gasteiger charge is -2.29. The van der Waals surface area contributed by atoms with Gasteiger partial charge in [-0.3, -0.25) is 18.3 Å². The molecule has 0 fully saturated rings. The third-order valence-electron chi connectivity index (χ3n) is 4.14. The molecule has 0 aliphatic rings. The van der Waals surface area contributed by atoms with Crippen molar-refractivity contribution in [1.82, 2.24) is 0 Å². The fraction of sp³-hybridized carbons (Fsp3) is 1.00. The van der Waals surface area contributed by atoms with Crippen LogP contribution in [-0.2, 0) is 18.3 Å². The quantitative estimate of drug-likeness (QED) is 0.120. The van der Waals surface area contributed by atoms with Gasteiger partial charge in [0, 0.05) is 0 Å². The van der Waals surface area contributed by atoms with E-state index in [1.54, 1.807) is 0 Å². The second-order valence-corrected chi connectivity index (χ2v) is 14.4. The molecule has 18 heteroatoms. The second kappa shape index (κ2) is 9.77. The highest BCUT2D eigenvalue weighted by Gasteiger charge is 2.59. The van der Waals surface area contributed by atoms with Crippen molar-refractivity contribution in [3.63, 3.8) is 0 Å². The van der Waals surface area contributed by atoms with Crippen LogP contribution < -0.4 is 0 Å². The van der Waals surface area contributed by atoms with Crippen LogP contribution >= 0.6 is 30.4 Å². The van der Waals surface area contributed by atoms with Gasteiger partial charge in [0.05, 0.1) is 0 Å². The zero-order chi connectivity index (χ0) is 22.7. The van der Waals surface area contributed by atoms with E-state index in [0.717, 1.165) is 0 Å². The molecule has 0 aromatic rings. The SMILES string of the molecule is O=P(O)(O)C(O)(CCCCCCCCC(O)(P(=O)(O)O)P(=O)(O)O)P(=O)(O)O. The van der Waals surface area contributed by atoms with Gasteiger partial charge in [-0.25, -0.2) is 0 Å². The zero-order valence-electron chi connectivity index (χ0n) is 14.6. The first-order valence-corrected chi connectivity index (χ1v) is 14.3. The van der Waals surface area contributed by atoms with E-state index in [1.807, 2.05) is 0 Å². The Hall–Kier alpha value is 0.520. The summed E-state index contributed by atoms with van der Waals surface area (Å²) < 4.78 is 44.6. The van der Waals surface area contributed by atoms with Gasteiger partial charge in [-0.15, -0.1) is 0 Å². The first kappa shape index (κ1) is 28.5. The average molecular weight is 494 g/mol. The average Bonchev–Trinajstić information content (AvgIpc) is 2.44. The van der Waals surface area contributed by atoms with Crippen LogP contribution in [0.2, 0.25) is 0 Å². The molecule has 14 nitrogen and oxygen atoms in total. The Bertz CT molecular complexity index is 593. The van der Waals surface area contributed by atoms with E-state index in [9.17, 15) is 28.5 Å². The number of rotatable bonds is 13. The molecule has 170 valence electrons. The van der Waals surface area contributed by atoms with Crippen LogP contribution in [0.3, 0.4) is 0 Å². The van der Waals surface area contributed by atoms with Gasteiger partial charge in [0.2, 0.25) is 0 Å². The molecule has 10 N–H and O–H groups in total. The third-order valence-corrected chi connectivity index (χ3v) is 11.9. The summed E-state index contributed by atoms with van der Waals surface area (Å²) in [5, 5.41) is 12.4. The fourth-order valence-corrected chi connectivity index (χ4v) is 6.87. The Balaban J connectivity index is 4.47. The maximum absolute atomic E-state index is 11.2. The standard InChI is InChI=1S/C10H26O14P4/c11-9(25(13,14)15,26(16,17)18)7-5-3-1-2-4-6-8-10(12,27(19,20)21)28(22,23)24/h11-12H,1-8H2,(H2,13,14,15)(H2,16,17,18)(H2,19,20,21)(H2,22,23,24). The molecule has 0 aromatic heterocycles. The van der Waals surface area contributed by atoms with Crippen molar-refractivity contribution in [3.05, 3.63) is 0 Å². The van der Waals surface area contributed by atoms with Crippen molar-refractivity contribution in [2.24, 2.45) is 0 Å². The summed E-state index contributed by atoms with van der Waals surface area (Å²) in [5.41, 5.74) is 0. The lowest BCUT2D eigenvalue weighted by Crippen LogP contribution is -2.28. The van der Waals surface area contributed by atoms with Crippen molar-refractivity contribution in [2.75, 3.05) is 0 Å². The van der Waals surface area contributed by atoms with E-state index in [0.29, 0.717) is 12.8 Å². The monoisotopic (exact) mass is 494 g/mol. The van der Waals surface area contributed by atoms with E-state index in [1.165, 1.54) is 0 Å². The van der Waals surface area contributed by atoms with Crippen LogP contribution in [0.5, 0.6) is 0 Å². The van der Waals surface area contributed by atoms with Gasteiger partial charge < -0.3 is 49.4 Å². The normalized spacial score (nSPS) is 15.1. The minimum atomic E-state index is -5.51. The highest BCUT2D eigenvalue weighted by Crippen LogP contribution is 2.70. The van der Waals surface area contributed by atoms with E-state index >= 15 is 0 Å². The number of hydrogen-bond acceptors (Lipinski definition) is 6. The first-order chi connectivity index (χ1) is 12.2. The van der Waals surface area contributed by atoms with E-state index in [4.69, 9.17) is 39.1 Å². The molecule has 0 rings (SSSR count). The highest BCUT2D eigenvalue weighted by molar-refractivity contribution is 7.72. The molecule has 0 saturated carbocycles. The topological polar surface area (TPSA) is 271 Å². The zero-order valence-corrected chi connectivity index (χ0v) is 18.1. The van der Waals surface area contributed by atoms with Crippen molar-refractivity contribution in [1.29, 1.82) is 0 Å². The van der Waals surface area contributed by atoms with Crippen LogP contribution in [0.15, 0.2) is 0 Å². The largest absolute Gasteiger partial charge is 0.369 e. The minimum absolute atomic E-state index is 0.151. The Morgan fingerprint density at radius 1 is 0.429 bits per heavy atom. The molecule has 0 radical (unpaired) electrons. The number of aliphatic hydroxyl groups is 2. The van der Waals surface area contributed by atoms with Gasteiger partial charge in [-0.05, 0) is 25.7 Å². The number of hydrogen-bond donors (Lipinski definition) is 10. The summed E-state index contributed by atoms with van der Waals surface area (Å²) in [6.07, 6.45) is -1.02. The molecule has 0 amide bonds. The Kier molecular flexibility index (Phi) is 9.95. The summed E-state index contributed by atoms with van der Waals surface area (Å²) in [4.78, 5) is 71.8. The maximum Gasteiger partial charge on any atom is 0.369 e. The fourth-order valence-electron chi connectivity index (χ4n) is 2.35. The molecule has 0 bridgehead atoms. The maximum atomic E-state index is 11.2. The molecule has 0 unspecified atom stereocenters. The predicted molar refractivity (Wildman–Crippen MR) is 95.0 cm³/mol. The summed E-state index contributed by atoms with van der Waals surface area (Å²) in [6.45, 7) is 0. The molecule has 0 aliphatic heterocycles. The first-order valence-electron chi connectivity index (χ1n) is 7.88. The van der Waals surface area contributed by atoms with Crippen LogP contribution in [0.4, 0.5) is 0 Å². The highest BCUT2D eigenvalue weighted by atomic mass is 31.2.